The highest BCUT2D eigenvalue weighted by Crippen LogP contribution is 2.39. The molecule has 0 spiro atoms. The number of nitrogens with one attached hydrogen (secondary N) is 2. The minimum absolute atomic E-state index is 0.236. The quantitative estimate of drug-likeness (QED) is 0.857. The number of hydrogen-bond acceptors (Lipinski definition) is 2. The number of carbonyl (C=O) groups excluding carboxylic acids is 1. The van der Waals surface area contributed by atoms with E-state index in [2.05, 4.69) is 15.8 Å². The molecule has 122 valence electrons. The van der Waals surface area contributed by atoms with E-state index in [-0.39, 0.29) is 5.56 Å². The van der Waals surface area contributed by atoms with Gasteiger partial charge in [0.2, 0.25) is 0 Å². The number of carbonyl (C=O) groups is 1. The first-order valence-electron chi connectivity index (χ1n) is 7.41. The van der Waals surface area contributed by atoms with Crippen molar-refractivity contribution >= 4 is 17.3 Å². The highest BCUT2D eigenvalue weighted by molar-refractivity contribution is 6.07. The predicted molar refractivity (Wildman–Crippen MR) is 80.9 cm³/mol. The number of nitrogens with zero attached hydrogens (tertiary/aromatic N) is 1. The van der Waals surface area contributed by atoms with Crippen LogP contribution in [0.15, 0.2) is 29.4 Å². The number of hydrogen-bond donors (Lipinski definition) is 2. The maximum absolute atomic E-state index is 13.5. The molecule has 0 aromatic heterocycles. The first kappa shape index (κ1) is 15.6. The molecule has 7 heteroatoms. The van der Waals surface area contributed by atoms with Crippen molar-refractivity contribution in [3.8, 4) is 0 Å². The molecule has 0 unspecified atom stereocenters. The summed E-state index contributed by atoms with van der Waals surface area (Å²) in [5.41, 5.74) is 3.28. The molecule has 2 N–H and O–H groups in total. The number of allylic oxidation sites excluding steroid dienone is 2. The summed E-state index contributed by atoms with van der Waals surface area (Å²) in [7, 11) is 0. The zero-order chi connectivity index (χ0) is 16.6. The van der Waals surface area contributed by atoms with Crippen molar-refractivity contribution in [3.63, 3.8) is 0 Å². The Bertz CT molecular complexity index is 707. The van der Waals surface area contributed by atoms with Gasteiger partial charge < -0.3 is 5.32 Å². The SMILES string of the molecule is C[C@@H]1NC(=O)NN=C1c1ccc(C2=CCCC2)c(C(F)(F)F)c1. The largest absolute Gasteiger partial charge is 0.417 e. The van der Waals surface area contributed by atoms with Crippen LogP contribution in [0.5, 0.6) is 0 Å². The van der Waals surface area contributed by atoms with Crippen LogP contribution in [0.2, 0.25) is 0 Å². The van der Waals surface area contributed by atoms with Gasteiger partial charge in [0.1, 0.15) is 0 Å². The molecule has 4 nitrogen and oxygen atoms in total. The summed E-state index contributed by atoms with van der Waals surface area (Å²) in [4.78, 5) is 11.2. The second-order valence-electron chi connectivity index (χ2n) is 5.68. The van der Waals surface area contributed by atoms with Crippen molar-refractivity contribution in [1.82, 2.24) is 10.7 Å². The van der Waals surface area contributed by atoms with Gasteiger partial charge in [0, 0.05) is 5.56 Å². The van der Waals surface area contributed by atoms with E-state index in [1.165, 1.54) is 6.07 Å². The van der Waals surface area contributed by atoms with Gasteiger partial charge in [0.25, 0.3) is 0 Å². The van der Waals surface area contributed by atoms with Crippen molar-refractivity contribution in [3.05, 3.63) is 41.0 Å². The lowest BCUT2D eigenvalue weighted by Gasteiger charge is -2.22. The molecule has 2 amide bonds. The maximum Gasteiger partial charge on any atom is 0.417 e. The van der Waals surface area contributed by atoms with Crippen LogP contribution >= 0.6 is 0 Å². The van der Waals surface area contributed by atoms with Crippen LogP contribution < -0.4 is 10.7 Å². The van der Waals surface area contributed by atoms with Gasteiger partial charge in [-0.3, -0.25) is 0 Å². The average Bonchev–Trinajstić information content (AvgIpc) is 3.00. The highest BCUT2D eigenvalue weighted by atomic mass is 19.4. The van der Waals surface area contributed by atoms with Crippen molar-refractivity contribution in [2.75, 3.05) is 0 Å². The Balaban J connectivity index is 2.06. The van der Waals surface area contributed by atoms with Crippen molar-refractivity contribution in [2.45, 2.75) is 38.4 Å². The third kappa shape index (κ3) is 3.09. The maximum atomic E-state index is 13.5. The average molecular weight is 323 g/mol. The van der Waals surface area contributed by atoms with Crippen LogP contribution in [0, 0.1) is 0 Å². The summed E-state index contributed by atoms with van der Waals surface area (Å²) in [6, 6.07) is 3.31. The summed E-state index contributed by atoms with van der Waals surface area (Å²) < 4.78 is 40.4. The van der Waals surface area contributed by atoms with E-state index >= 15 is 0 Å². The fourth-order valence-electron chi connectivity index (χ4n) is 2.95. The first-order valence-corrected chi connectivity index (χ1v) is 7.41. The fraction of sp³-hybridized carbons (Fsp3) is 0.375. The van der Waals surface area contributed by atoms with E-state index in [9.17, 15) is 18.0 Å². The van der Waals surface area contributed by atoms with Crippen molar-refractivity contribution < 1.29 is 18.0 Å². The Morgan fingerprint density at radius 3 is 2.70 bits per heavy atom. The van der Waals surface area contributed by atoms with Gasteiger partial charge in [-0.1, -0.05) is 18.2 Å². The van der Waals surface area contributed by atoms with Gasteiger partial charge in [-0.2, -0.15) is 18.3 Å². The van der Waals surface area contributed by atoms with E-state index in [0.717, 1.165) is 24.5 Å². The molecular formula is C16H16F3N3O. The van der Waals surface area contributed by atoms with Crippen LogP contribution in [0.25, 0.3) is 5.57 Å². The number of hydrazone groups is 1. The topological polar surface area (TPSA) is 53.5 Å². The molecular weight excluding hydrogens is 307 g/mol. The van der Waals surface area contributed by atoms with Gasteiger partial charge in [-0.05, 0) is 43.4 Å². The number of halogens is 3. The summed E-state index contributed by atoms with van der Waals surface area (Å²) in [5.74, 6) is 0. The van der Waals surface area contributed by atoms with E-state index in [1.54, 1.807) is 13.0 Å². The zero-order valence-electron chi connectivity index (χ0n) is 12.5. The minimum atomic E-state index is -4.44. The molecule has 1 aromatic carbocycles. The third-order valence-electron chi connectivity index (χ3n) is 4.04. The lowest BCUT2D eigenvalue weighted by Crippen LogP contribution is -2.48. The van der Waals surface area contributed by atoms with Crippen molar-refractivity contribution in [1.29, 1.82) is 0 Å². The molecule has 1 heterocycles. The molecule has 0 saturated heterocycles. The Hall–Kier alpha value is -2.31. The van der Waals surface area contributed by atoms with Gasteiger partial charge in [0.15, 0.2) is 0 Å². The first-order chi connectivity index (χ1) is 10.9. The van der Waals surface area contributed by atoms with Gasteiger partial charge >= 0.3 is 12.2 Å². The summed E-state index contributed by atoms with van der Waals surface area (Å²) >= 11 is 0. The predicted octanol–water partition coefficient (Wildman–Crippen LogP) is 3.68. The molecule has 23 heavy (non-hydrogen) atoms. The van der Waals surface area contributed by atoms with E-state index in [0.29, 0.717) is 17.7 Å². The van der Waals surface area contributed by atoms with Crippen LogP contribution in [-0.4, -0.2) is 17.8 Å². The number of amides is 2. The van der Waals surface area contributed by atoms with E-state index in [4.69, 9.17) is 0 Å². The minimum Gasteiger partial charge on any atom is -0.328 e. The molecule has 1 aromatic rings. The molecule has 0 bridgehead atoms. The third-order valence-corrected chi connectivity index (χ3v) is 4.04. The second-order valence-corrected chi connectivity index (χ2v) is 5.68. The van der Waals surface area contributed by atoms with Gasteiger partial charge in [0.05, 0.1) is 17.3 Å². The van der Waals surface area contributed by atoms with Crippen molar-refractivity contribution in [2.24, 2.45) is 5.10 Å². The highest BCUT2D eigenvalue weighted by Gasteiger charge is 2.35. The number of rotatable bonds is 2. The lowest BCUT2D eigenvalue weighted by atomic mass is 9.93. The zero-order valence-corrected chi connectivity index (χ0v) is 12.5. The van der Waals surface area contributed by atoms with Gasteiger partial charge in [-0.15, -0.1) is 0 Å². The van der Waals surface area contributed by atoms with E-state index < -0.39 is 23.8 Å². The Kier molecular flexibility index (Phi) is 3.87. The normalized spacial score (nSPS) is 21.4. The Labute approximate surface area is 131 Å². The van der Waals surface area contributed by atoms with Gasteiger partial charge in [-0.25, -0.2) is 10.2 Å². The standard InChI is InChI=1S/C16H16F3N3O/c1-9-14(21-22-15(23)20-9)11-6-7-12(10-4-2-3-5-10)13(8-11)16(17,18)19/h4,6-9H,2-3,5H2,1H3,(H2,20,22,23)/t9-/m0/s1. The molecule has 1 aliphatic heterocycles. The molecule has 1 aliphatic carbocycles. The number of alkyl halides is 3. The molecule has 2 aliphatic rings. The Morgan fingerprint density at radius 1 is 1.30 bits per heavy atom. The molecule has 1 atom stereocenters. The number of benzene rings is 1. The van der Waals surface area contributed by atoms with Crippen LogP contribution in [-0.2, 0) is 6.18 Å². The molecule has 0 radical (unpaired) electrons. The summed E-state index contributed by atoms with van der Waals surface area (Å²) in [6.45, 7) is 1.68. The Morgan fingerprint density at radius 2 is 2.09 bits per heavy atom. The van der Waals surface area contributed by atoms with Crippen LogP contribution in [0.1, 0.15) is 42.9 Å². The molecule has 3 rings (SSSR count). The molecule has 0 fully saturated rings. The molecule has 0 saturated carbocycles. The lowest BCUT2D eigenvalue weighted by molar-refractivity contribution is -0.137. The smallest absolute Gasteiger partial charge is 0.328 e. The summed E-state index contributed by atoms with van der Waals surface area (Å²) in [5, 5.41) is 6.47. The number of urea groups is 1. The second kappa shape index (κ2) is 5.72. The summed E-state index contributed by atoms with van der Waals surface area (Å²) in [6.07, 6.45) is -0.212. The fourth-order valence-corrected chi connectivity index (χ4v) is 2.95. The van der Waals surface area contributed by atoms with Crippen LogP contribution in [0.3, 0.4) is 0 Å². The van der Waals surface area contributed by atoms with Crippen LogP contribution in [0.4, 0.5) is 18.0 Å². The monoisotopic (exact) mass is 323 g/mol. The van der Waals surface area contributed by atoms with E-state index in [1.807, 2.05) is 6.08 Å².